The van der Waals surface area contributed by atoms with Crippen LogP contribution >= 0.6 is 0 Å². The van der Waals surface area contributed by atoms with E-state index in [2.05, 4.69) is 11.8 Å². The molecule has 1 aliphatic heterocycles. The predicted molar refractivity (Wildman–Crippen MR) is 57.2 cm³/mol. The summed E-state index contributed by atoms with van der Waals surface area (Å²) in [7, 11) is 0. The van der Waals surface area contributed by atoms with Crippen LogP contribution in [0.5, 0.6) is 0 Å². The third kappa shape index (κ3) is 2.47. The van der Waals surface area contributed by atoms with Gasteiger partial charge in [-0.25, -0.2) is 0 Å². The maximum atomic E-state index is 6.20. The van der Waals surface area contributed by atoms with E-state index < -0.39 is 0 Å². The first kappa shape index (κ1) is 10.4. The van der Waals surface area contributed by atoms with Gasteiger partial charge >= 0.3 is 0 Å². The molecule has 2 N–H and O–H groups in total. The topological polar surface area (TPSA) is 38.5 Å². The summed E-state index contributed by atoms with van der Waals surface area (Å²) in [5.41, 5.74) is 6.38. The van der Waals surface area contributed by atoms with Gasteiger partial charge in [0.25, 0.3) is 0 Å². The van der Waals surface area contributed by atoms with Crippen LogP contribution in [-0.2, 0) is 4.74 Å². The molecule has 2 aliphatic rings. The maximum Gasteiger partial charge on any atom is 0.0674 e. The molecule has 0 aromatic rings. The van der Waals surface area contributed by atoms with E-state index in [1.807, 2.05) is 0 Å². The van der Waals surface area contributed by atoms with Crippen LogP contribution in [0.4, 0.5) is 0 Å². The molecule has 0 aromatic carbocycles. The zero-order valence-electron chi connectivity index (χ0n) is 9.17. The lowest BCUT2D eigenvalue weighted by atomic mass is 9.75. The lowest BCUT2D eigenvalue weighted by molar-refractivity contribution is -0.0216. The third-order valence-corrected chi connectivity index (χ3v) is 3.60. The van der Waals surface area contributed by atoms with Crippen molar-refractivity contribution in [2.24, 2.45) is 5.73 Å². The molecular weight excluding hydrogens is 176 g/mol. The van der Waals surface area contributed by atoms with E-state index in [4.69, 9.17) is 10.5 Å². The van der Waals surface area contributed by atoms with Crippen LogP contribution in [0.2, 0.25) is 0 Å². The minimum absolute atomic E-state index is 0.182. The lowest BCUT2D eigenvalue weighted by Crippen LogP contribution is -2.50. The normalized spacial score (nSPS) is 32.6. The summed E-state index contributed by atoms with van der Waals surface area (Å²) in [6.45, 7) is 6.35. The number of hydrogen-bond donors (Lipinski definition) is 1. The molecule has 14 heavy (non-hydrogen) atoms. The van der Waals surface area contributed by atoms with Crippen LogP contribution < -0.4 is 5.73 Å². The van der Waals surface area contributed by atoms with E-state index in [9.17, 15) is 0 Å². The molecule has 1 saturated carbocycles. The van der Waals surface area contributed by atoms with E-state index >= 15 is 0 Å². The largest absolute Gasteiger partial charge is 0.376 e. The molecule has 3 nitrogen and oxygen atoms in total. The molecule has 3 heteroatoms. The Labute approximate surface area is 86.6 Å². The van der Waals surface area contributed by atoms with Crippen LogP contribution in [0, 0.1) is 0 Å². The zero-order valence-corrected chi connectivity index (χ0v) is 9.17. The fourth-order valence-corrected chi connectivity index (χ4v) is 2.36. The van der Waals surface area contributed by atoms with Crippen LogP contribution in [0.3, 0.4) is 0 Å². The van der Waals surface area contributed by atoms with Gasteiger partial charge < -0.3 is 10.5 Å². The molecule has 1 atom stereocenters. The average Bonchev–Trinajstić information content (AvgIpc) is 2.12. The lowest BCUT2D eigenvalue weighted by Gasteiger charge is -2.40. The van der Waals surface area contributed by atoms with Gasteiger partial charge in [0, 0.05) is 25.2 Å². The van der Waals surface area contributed by atoms with Gasteiger partial charge in [-0.1, -0.05) is 0 Å². The second kappa shape index (κ2) is 4.17. The van der Waals surface area contributed by atoms with Crippen molar-refractivity contribution in [1.29, 1.82) is 0 Å². The van der Waals surface area contributed by atoms with Crippen molar-refractivity contribution in [2.45, 2.75) is 44.2 Å². The smallest absolute Gasteiger partial charge is 0.0674 e. The first-order valence-electron chi connectivity index (χ1n) is 5.81. The summed E-state index contributed by atoms with van der Waals surface area (Å²) in [6.07, 6.45) is 5.36. The van der Waals surface area contributed by atoms with Gasteiger partial charge in [-0.3, -0.25) is 4.90 Å². The van der Waals surface area contributed by atoms with Crippen LogP contribution in [0.15, 0.2) is 0 Å². The van der Waals surface area contributed by atoms with E-state index in [-0.39, 0.29) is 5.54 Å². The van der Waals surface area contributed by atoms with Gasteiger partial charge in [0.1, 0.15) is 0 Å². The van der Waals surface area contributed by atoms with Crippen molar-refractivity contribution in [1.82, 2.24) is 4.90 Å². The summed E-state index contributed by atoms with van der Waals surface area (Å²) in [4.78, 5) is 2.49. The van der Waals surface area contributed by atoms with Crippen LogP contribution in [-0.4, -0.2) is 42.8 Å². The summed E-state index contributed by atoms with van der Waals surface area (Å²) in [5.74, 6) is 0. The Balaban J connectivity index is 1.69. The van der Waals surface area contributed by atoms with Crippen molar-refractivity contribution in [2.75, 3.05) is 26.2 Å². The minimum atomic E-state index is 0.182. The van der Waals surface area contributed by atoms with Gasteiger partial charge in [-0.15, -0.1) is 0 Å². The van der Waals surface area contributed by atoms with Gasteiger partial charge in [0.15, 0.2) is 0 Å². The molecule has 1 saturated heterocycles. The Morgan fingerprint density at radius 3 is 2.86 bits per heavy atom. The number of nitrogens with two attached hydrogens (primary N) is 1. The Morgan fingerprint density at radius 2 is 2.29 bits per heavy atom. The number of morpholine rings is 1. The molecular formula is C11H22N2O. The van der Waals surface area contributed by atoms with Crippen LogP contribution in [0.1, 0.15) is 32.6 Å². The highest BCUT2D eigenvalue weighted by atomic mass is 16.5. The fraction of sp³-hybridized carbons (Fsp3) is 1.00. The summed E-state index contributed by atoms with van der Waals surface area (Å²) in [5, 5.41) is 0. The zero-order chi connectivity index (χ0) is 10.0. The van der Waals surface area contributed by atoms with Crippen molar-refractivity contribution in [3.05, 3.63) is 0 Å². The second-order valence-corrected chi connectivity index (χ2v) is 4.95. The molecule has 0 aromatic heterocycles. The summed E-state index contributed by atoms with van der Waals surface area (Å²) >= 11 is 0. The Kier molecular flexibility index (Phi) is 3.10. The average molecular weight is 198 g/mol. The van der Waals surface area contributed by atoms with Crippen LogP contribution in [0.25, 0.3) is 0 Å². The SMILES string of the molecule is CC1CN(CCC2(N)CCC2)CCO1. The standard InChI is InChI=1S/C11H22N2O/c1-10-9-13(7-8-14-10)6-5-11(12)3-2-4-11/h10H,2-9,12H2,1H3. The molecule has 1 unspecified atom stereocenters. The number of ether oxygens (including phenoxy) is 1. The summed E-state index contributed by atoms with van der Waals surface area (Å²) < 4.78 is 5.51. The van der Waals surface area contributed by atoms with Crippen molar-refractivity contribution in [3.8, 4) is 0 Å². The van der Waals surface area contributed by atoms with Crippen molar-refractivity contribution in [3.63, 3.8) is 0 Å². The van der Waals surface area contributed by atoms with Gasteiger partial charge in [-0.2, -0.15) is 0 Å². The molecule has 0 bridgehead atoms. The summed E-state index contributed by atoms with van der Waals surface area (Å²) in [6, 6.07) is 0. The molecule has 82 valence electrons. The van der Waals surface area contributed by atoms with Crippen molar-refractivity contribution >= 4 is 0 Å². The Morgan fingerprint density at radius 1 is 1.50 bits per heavy atom. The van der Waals surface area contributed by atoms with Gasteiger partial charge in [0.05, 0.1) is 12.7 Å². The monoisotopic (exact) mass is 198 g/mol. The highest BCUT2D eigenvalue weighted by molar-refractivity contribution is 4.93. The quantitative estimate of drug-likeness (QED) is 0.734. The Hall–Kier alpha value is -0.120. The highest BCUT2D eigenvalue weighted by Gasteiger charge is 2.32. The second-order valence-electron chi connectivity index (χ2n) is 4.95. The molecule has 1 heterocycles. The molecule has 0 amide bonds. The molecule has 2 fully saturated rings. The number of rotatable bonds is 3. The van der Waals surface area contributed by atoms with E-state index in [0.717, 1.165) is 26.2 Å². The highest BCUT2D eigenvalue weighted by Crippen LogP contribution is 2.32. The van der Waals surface area contributed by atoms with Gasteiger partial charge in [-0.05, 0) is 32.6 Å². The fourth-order valence-electron chi connectivity index (χ4n) is 2.36. The molecule has 1 aliphatic carbocycles. The van der Waals surface area contributed by atoms with E-state index in [1.54, 1.807) is 0 Å². The first-order valence-corrected chi connectivity index (χ1v) is 5.81. The predicted octanol–water partition coefficient (Wildman–Crippen LogP) is 0.979. The van der Waals surface area contributed by atoms with E-state index in [0.29, 0.717) is 6.10 Å². The number of hydrogen-bond acceptors (Lipinski definition) is 3. The van der Waals surface area contributed by atoms with Gasteiger partial charge in [0.2, 0.25) is 0 Å². The maximum absolute atomic E-state index is 6.20. The Bertz CT molecular complexity index is 192. The number of nitrogens with zero attached hydrogens (tertiary/aromatic N) is 1. The van der Waals surface area contributed by atoms with E-state index in [1.165, 1.54) is 25.7 Å². The minimum Gasteiger partial charge on any atom is -0.376 e. The molecule has 0 spiro atoms. The third-order valence-electron chi connectivity index (χ3n) is 3.60. The molecule has 0 radical (unpaired) electrons. The first-order chi connectivity index (χ1) is 6.68. The molecule has 2 rings (SSSR count). The van der Waals surface area contributed by atoms with Crippen molar-refractivity contribution < 1.29 is 4.74 Å².